The number of benzene rings is 2. The second-order valence-electron chi connectivity index (χ2n) is 6.98. The minimum atomic E-state index is 0.0927. The predicted molar refractivity (Wildman–Crippen MR) is 99.7 cm³/mol. The summed E-state index contributed by atoms with van der Waals surface area (Å²) in [6.45, 7) is 12.4. The van der Waals surface area contributed by atoms with Gasteiger partial charge >= 0.3 is 0 Å². The molecule has 0 spiro atoms. The molecule has 2 heteroatoms. The molecule has 124 valence electrons. The average Bonchev–Trinajstić information content (AvgIpc) is 2.52. The van der Waals surface area contributed by atoms with Crippen molar-refractivity contribution in [2.45, 2.75) is 46.5 Å². The smallest absolute Gasteiger partial charge is 0.123 e. The number of aryl methyl sites for hydroxylation is 2. The quantitative estimate of drug-likeness (QED) is 0.726. The van der Waals surface area contributed by atoms with E-state index in [4.69, 9.17) is 4.74 Å². The fourth-order valence-corrected chi connectivity index (χ4v) is 2.83. The first kappa shape index (κ1) is 17.4. The fourth-order valence-electron chi connectivity index (χ4n) is 2.83. The summed E-state index contributed by atoms with van der Waals surface area (Å²) in [5.41, 5.74) is 5.25. The molecule has 0 saturated carbocycles. The van der Waals surface area contributed by atoms with Gasteiger partial charge in [0.05, 0.1) is 0 Å². The summed E-state index contributed by atoms with van der Waals surface area (Å²) in [5.74, 6) is 0.988. The Morgan fingerprint density at radius 3 is 2.43 bits per heavy atom. The standard InChI is InChI=1S/C21H29NO/c1-6-17-11-9-10-16(2)20(17)22-14-15-23-19-13-8-7-12-18(19)21(3,4)5/h7-13,22H,6,14-15H2,1-5H3. The van der Waals surface area contributed by atoms with Crippen LogP contribution in [-0.4, -0.2) is 13.2 Å². The summed E-state index contributed by atoms with van der Waals surface area (Å²) in [4.78, 5) is 0. The summed E-state index contributed by atoms with van der Waals surface area (Å²) >= 11 is 0. The molecule has 2 aromatic rings. The molecule has 1 N–H and O–H groups in total. The molecular formula is C21H29NO. The summed E-state index contributed by atoms with van der Waals surface area (Å²) < 4.78 is 6.04. The molecule has 0 aliphatic heterocycles. The van der Waals surface area contributed by atoms with Crippen molar-refractivity contribution in [1.29, 1.82) is 0 Å². The second kappa shape index (κ2) is 7.54. The molecule has 0 amide bonds. The van der Waals surface area contributed by atoms with Crippen LogP contribution in [0.2, 0.25) is 0 Å². The zero-order chi connectivity index (χ0) is 16.9. The predicted octanol–water partition coefficient (Wildman–Crippen LogP) is 5.35. The van der Waals surface area contributed by atoms with Gasteiger partial charge in [-0.15, -0.1) is 0 Å². The van der Waals surface area contributed by atoms with Crippen LogP contribution in [-0.2, 0) is 11.8 Å². The fraction of sp³-hybridized carbons (Fsp3) is 0.429. The molecule has 0 atom stereocenters. The minimum Gasteiger partial charge on any atom is -0.491 e. The van der Waals surface area contributed by atoms with Crippen LogP contribution in [0.5, 0.6) is 5.75 Å². The molecule has 0 bridgehead atoms. The molecule has 0 aromatic heterocycles. The van der Waals surface area contributed by atoms with E-state index < -0.39 is 0 Å². The number of nitrogens with one attached hydrogen (secondary N) is 1. The van der Waals surface area contributed by atoms with E-state index in [0.29, 0.717) is 6.61 Å². The number of ether oxygens (including phenoxy) is 1. The Bertz CT molecular complexity index is 641. The third-order valence-electron chi connectivity index (χ3n) is 4.10. The van der Waals surface area contributed by atoms with Crippen LogP contribution < -0.4 is 10.1 Å². The van der Waals surface area contributed by atoms with Crippen LogP contribution in [0.3, 0.4) is 0 Å². The molecule has 0 aliphatic rings. The summed E-state index contributed by atoms with van der Waals surface area (Å²) in [6.07, 6.45) is 1.04. The molecule has 2 nitrogen and oxygen atoms in total. The van der Waals surface area contributed by atoms with Crippen molar-refractivity contribution >= 4 is 5.69 Å². The topological polar surface area (TPSA) is 21.3 Å². The van der Waals surface area contributed by atoms with Gasteiger partial charge < -0.3 is 10.1 Å². The maximum Gasteiger partial charge on any atom is 0.123 e. The normalized spacial score (nSPS) is 11.3. The first-order chi connectivity index (χ1) is 10.9. The highest BCUT2D eigenvalue weighted by Crippen LogP contribution is 2.30. The Morgan fingerprint density at radius 2 is 1.74 bits per heavy atom. The molecule has 23 heavy (non-hydrogen) atoms. The van der Waals surface area contributed by atoms with Gasteiger partial charge in [0.15, 0.2) is 0 Å². The largest absolute Gasteiger partial charge is 0.491 e. The Hall–Kier alpha value is -1.96. The number of hydrogen-bond donors (Lipinski definition) is 1. The third kappa shape index (κ3) is 4.51. The van der Waals surface area contributed by atoms with Gasteiger partial charge in [-0.1, -0.05) is 64.1 Å². The van der Waals surface area contributed by atoms with Gasteiger partial charge in [-0.2, -0.15) is 0 Å². The molecule has 2 aromatic carbocycles. The molecule has 0 radical (unpaired) electrons. The number of anilines is 1. The van der Waals surface area contributed by atoms with Crippen LogP contribution in [0.4, 0.5) is 5.69 Å². The summed E-state index contributed by atoms with van der Waals surface area (Å²) in [6, 6.07) is 14.8. The Labute approximate surface area is 140 Å². The second-order valence-corrected chi connectivity index (χ2v) is 6.98. The van der Waals surface area contributed by atoms with Gasteiger partial charge in [0, 0.05) is 12.2 Å². The van der Waals surface area contributed by atoms with E-state index in [2.05, 4.69) is 76.3 Å². The van der Waals surface area contributed by atoms with Gasteiger partial charge in [-0.25, -0.2) is 0 Å². The van der Waals surface area contributed by atoms with Crippen molar-refractivity contribution < 1.29 is 4.74 Å². The van der Waals surface area contributed by atoms with Gasteiger partial charge in [0.25, 0.3) is 0 Å². The third-order valence-corrected chi connectivity index (χ3v) is 4.10. The van der Waals surface area contributed by atoms with Crippen molar-refractivity contribution in [1.82, 2.24) is 0 Å². The van der Waals surface area contributed by atoms with Crippen molar-refractivity contribution in [3.63, 3.8) is 0 Å². The molecular weight excluding hydrogens is 282 g/mol. The maximum atomic E-state index is 6.04. The monoisotopic (exact) mass is 311 g/mol. The van der Waals surface area contributed by atoms with E-state index in [1.807, 2.05) is 6.07 Å². The van der Waals surface area contributed by atoms with E-state index in [0.717, 1.165) is 18.7 Å². The molecule has 0 aliphatic carbocycles. The van der Waals surface area contributed by atoms with E-state index in [1.165, 1.54) is 22.4 Å². The van der Waals surface area contributed by atoms with Gasteiger partial charge in [0.2, 0.25) is 0 Å². The van der Waals surface area contributed by atoms with Crippen molar-refractivity contribution in [3.8, 4) is 5.75 Å². The van der Waals surface area contributed by atoms with Crippen LogP contribution >= 0.6 is 0 Å². The Kier molecular flexibility index (Phi) is 5.70. The highest BCUT2D eigenvalue weighted by atomic mass is 16.5. The molecule has 0 unspecified atom stereocenters. The van der Waals surface area contributed by atoms with Crippen molar-refractivity contribution in [2.75, 3.05) is 18.5 Å². The lowest BCUT2D eigenvalue weighted by Gasteiger charge is -2.23. The first-order valence-corrected chi connectivity index (χ1v) is 8.48. The molecule has 2 rings (SSSR count). The molecule has 0 heterocycles. The van der Waals surface area contributed by atoms with Crippen LogP contribution in [0.1, 0.15) is 44.4 Å². The lowest BCUT2D eigenvalue weighted by molar-refractivity contribution is 0.323. The van der Waals surface area contributed by atoms with Crippen molar-refractivity contribution in [2.24, 2.45) is 0 Å². The first-order valence-electron chi connectivity index (χ1n) is 8.48. The van der Waals surface area contributed by atoms with Gasteiger partial charge in [-0.3, -0.25) is 0 Å². The average molecular weight is 311 g/mol. The van der Waals surface area contributed by atoms with Crippen LogP contribution in [0, 0.1) is 6.92 Å². The lowest BCUT2D eigenvalue weighted by Crippen LogP contribution is -2.17. The van der Waals surface area contributed by atoms with E-state index in [9.17, 15) is 0 Å². The Balaban J connectivity index is 1.97. The van der Waals surface area contributed by atoms with Crippen molar-refractivity contribution in [3.05, 3.63) is 59.2 Å². The van der Waals surface area contributed by atoms with Gasteiger partial charge in [-0.05, 0) is 41.5 Å². The number of hydrogen-bond acceptors (Lipinski definition) is 2. The zero-order valence-corrected chi connectivity index (χ0v) is 15.1. The lowest BCUT2D eigenvalue weighted by atomic mass is 9.86. The van der Waals surface area contributed by atoms with Gasteiger partial charge in [0.1, 0.15) is 12.4 Å². The molecule has 0 saturated heterocycles. The van der Waals surface area contributed by atoms with Crippen LogP contribution in [0.15, 0.2) is 42.5 Å². The minimum absolute atomic E-state index is 0.0927. The van der Waals surface area contributed by atoms with Crippen LogP contribution in [0.25, 0.3) is 0 Å². The SMILES string of the molecule is CCc1cccc(C)c1NCCOc1ccccc1C(C)(C)C. The van der Waals surface area contributed by atoms with E-state index in [-0.39, 0.29) is 5.41 Å². The van der Waals surface area contributed by atoms with E-state index in [1.54, 1.807) is 0 Å². The van der Waals surface area contributed by atoms with E-state index >= 15 is 0 Å². The Morgan fingerprint density at radius 1 is 1.00 bits per heavy atom. The number of rotatable bonds is 6. The maximum absolute atomic E-state index is 6.04. The highest BCUT2D eigenvalue weighted by molar-refractivity contribution is 5.57. The number of para-hydroxylation sites is 2. The molecule has 0 fully saturated rings. The summed E-state index contributed by atoms with van der Waals surface area (Å²) in [7, 11) is 0. The highest BCUT2D eigenvalue weighted by Gasteiger charge is 2.18. The zero-order valence-electron chi connectivity index (χ0n) is 15.1. The summed E-state index contributed by atoms with van der Waals surface area (Å²) in [5, 5.41) is 3.54.